The Labute approximate surface area is 155 Å². The van der Waals surface area contributed by atoms with Crippen molar-refractivity contribution in [1.82, 2.24) is 4.98 Å². The summed E-state index contributed by atoms with van der Waals surface area (Å²) in [6.07, 6.45) is 0.142. The number of aromatic nitrogens is 1. The van der Waals surface area contributed by atoms with Crippen LogP contribution in [-0.4, -0.2) is 17.5 Å². The highest BCUT2D eigenvalue weighted by Gasteiger charge is 2.10. The molecular weight excluding hydrogens is 351 g/mol. The van der Waals surface area contributed by atoms with Crippen LogP contribution in [0.4, 0.5) is 10.1 Å². The zero-order chi connectivity index (χ0) is 18.5. The number of nitrogens with zero attached hydrogens (tertiary/aromatic N) is 1. The number of anilines is 1. The summed E-state index contributed by atoms with van der Waals surface area (Å²) in [5.41, 5.74) is 2.65. The summed E-state index contributed by atoms with van der Waals surface area (Å²) in [5.74, 6) is 0.253. The molecule has 0 fully saturated rings. The van der Waals surface area contributed by atoms with E-state index in [2.05, 4.69) is 10.3 Å². The summed E-state index contributed by atoms with van der Waals surface area (Å²) in [5, 5.41) is 5.40. The largest absolute Gasteiger partial charge is 0.494 e. The van der Waals surface area contributed by atoms with Crippen molar-refractivity contribution in [3.63, 3.8) is 0 Å². The van der Waals surface area contributed by atoms with Crippen molar-refractivity contribution in [2.45, 2.75) is 20.3 Å². The Hall–Kier alpha value is -2.73. The first kappa shape index (κ1) is 18.1. The van der Waals surface area contributed by atoms with Crippen molar-refractivity contribution in [2.75, 3.05) is 11.9 Å². The van der Waals surface area contributed by atoms with Gasteiger partial charge >= 0.3 is 0 Å². The minimum atomic E-state index is -0.339. The van der Waals surface area contributed by atoms with Crippen molar-refractivity contribution in [2.24, 2.45) is 0 Å². The third-order valence-corrected chi connectivity index (χ3v) is 4.70. The molecule has 134 valence electrons. The van der Waals surface area contributed by atoms with Gasteiger partial charge in [-0.1, -0.05) is 6.07 Å². The van der Waals surface area contributed by atoms with Crippen LogP contribution in [0.25, 0.3) is 10.6 Å². The van der Waals surface area contributed by atoms with Gasteiger partial charge in [0.15, 0.2) is 0 Å². The maximum atomic E-state index is 13.6. The van der Waals surface area contributed by atoms with Gasteiger partial charge in [-0.05, 0) is 55.8 Å². The second-order valence-electron chi connectivity index (χ2n) is 5.79. The van der Waals surface area contributed by atoms with Gasteiger partial charge in [-0.15, -0.1) is 11.3 Å². The van der Waals surface area contributed by atoms with E-state index in [0.717, 1.165) is 16.3 Å². The molecule has 0 unspecified atom stereocenters. The summed E-state index contributed by atoms with van der Waals surface area (Å²) in [4.78, 5) is 16.7. The third-order valence-electron chi connectivity index (χ3n) is 3.76. The summed E-state index contributed by atoms with van der Waals surface area (Å²) < 4.78 is 19.0. The number of aryl methyl sites for hydroxylation is 1. The number of nitrogens with one attached hydrogen (secondary N) is 1. The van der Waals surface area contributed by atoms with Crippen LogP contribution in [-0.2, 0) is 11.2 Å². The molecule has 0 aliphatic carbocycles. The molecule has 3 rings (SSSR count). The number of benzene rings is 2. The van der Waals surface area contributed by atoms with Gasteiger partial charge < -0.3 is 10.1 Å². The van der Waals surface area contributed by atoms with E-state index >= 15 is 0 Å². The second kappa shape index (κ2) is 8.10. The molecule has 0 aliphatic rings. The van der Waals surface area contributed by atoms with Gasteiger partial charge in [0.2, 0.25) is 5.91 Å². The van der Waals surface area contributed by atoms with E-state index in [1.54, 1.807) is 19.1 Å². The third kappa shape index (κ3) is 4.46. The Bertz CT molecular complexity index is 906. The lowest BCUT2D eigenvalue weighted by Gasteiger charge is -2.05. The first-order valence-electron chi connectivity index (χ1n) is 8.29. The van der Waals surface area contributed by atoms with E-state index in [0.29, 0.717) is 23.6 Å². The standard InChI is InChI=1S/C20H19FN2O2S/c1-3-25-17-8-5-14(6-9-17)20-23-16(12-26-20)11-19(24)22-15-7-4-13(2)18(21)10-15/h4-10,12H,3,11H2,1-2H3,(H,22,24). The van der Waals surface area contributed by atoms with Crippen molar-refractivity contribution >= 4 is 22.9 Å². The van der Waals surface area contributed by atoms with Crippen molar-refractivity contribution in [3.8, 4) is 16.3 Å². The molecule has 0 atom stereocenters. The van der Waals surface area contributed by atoms with Gasteiger partial charge in [-0.3, -0.25) is 4.79 Å². The van der Waals surface area contributed by atoms with Crippen LogP contribution in [0.5, 0.6) is 5.75 Å². The lowest BCUT2D eigenvalue weighted by atomic mass is 10.2. The average molecular weight is 370 g/mol. The minimum absolute atomic E-state index is 0.142. The highest BCUT2D eigenvalue weighted by molar-refractivity contribution is 7.13. The Balaban J connectivity index is 1.64. The SMILES string of the molecule is CCOc1ccc(-c2nc(CC(=O)Nc3ccc(C)c(F)c3)cs2)cc1. The van der Waals surface area contributed by atoms with Crippen LogP contribution in [0.1, 0.15) is 18.2 Å². The minimum Gasteiger partial charge on any atom is -0.494 e. The summed E-state index contributed by atoms with van der Waals surface area (Å²) in [7, 11) is 0. The average Bonchev–Trinajstić information content (AvgIpc) is 3.07. The van der Waals surface area contributed by atoms with E-state index in [-0.39, 0.29) is 18.1 Å². The van der Waals surface area contributed by atoms with Crippen LogP contribution in [0.2, 0.25) is 0 Å². The molecule has 2 aromatic carbocycles. The molecule has 26 heavy (non-hydrogen) atoms. The van der Waals surface area contributed by atoms with Gasteiger partial charge in [-0.2, -0.15) is 0 Å². The highest BCUT2D eigenvalue weighted by Crippen LogP contribution is 2.26. The van der Waals surface area contributed by atoms with Crippen LogP contribution in [0.15, 0.2) is 47.8 Å². The molecule has 0 saturated carbocycles. The number of ether oxygens (including phenoxy) is 1. The molecular formula is C20H19FN2O2S. The van der Waals surface area contributed by atoms with Crippen LogP contribution in [0.3, 0.4) is 0 Å². The van der Waals surface area contributed by atoms with E-state index in [9.17, 15) is 9.18 Å². The Morgan fingerprint density at radius 3 is 2.69 bits per heavy atom. The highest BCUT2D eigenvalue weighted by atomic mass is 32.1. The first-order chi connectivity index (χ1) is 12.5. The molecule has 4 nitrogen and oxygen atoms in total. The normalized spacial score (nSPS) is 10.6. The van der Waals surface area contributed by atoms with E-state index in [4.69, 9.17) is 4.74 Å². The fourth-order valence-corrected chi connectivity index (χ4v) is 3.25. The molecule has 0 radical (unpaired) electrons. The monoisotopic (exact) mass is 370 g/mol. The Morgan fingerprint density at radius 1 is 1.23 bits per heavy atom. The van der Waals surface area contributed by atoms with Crippen LogP contribution >= 0.6 is 11.3 Å². The molecule has 3 aromatic rings. The number of hydrogen-bond acceptors (Lipinski definition) is 4. The zero-order valence-electron chi connectivity index (χ0n) is 14.6. The molecule has 0 spiro atoms. The number of thiazole rings is 1. The number of carbonyl (C=O) groups is 1. The first-order valence-corrected chi connectivity index (χ1v) is 9.16. The Kier molecular flexibility index (Phi) is 5.63. The Morgan fingerprint density at radius 2 is 2.00 bits per heavy atom. The van der Waals surface area contributed by atoms with E-state index in [1.165, 1.54) is 17.4 Å². The van der Waals surface area contributed by atoms with Crippen LogP contribution in [0, 0.1) is 12.7 Å². The molecule has 1 amide bonds. The molecule has 0 bridgehead atoms. The smallest absolute Gasteiger partial charge is 0.230 e. The maximum Gasteiger partial charge on any atom is 0.230 e. The van der Waals surface area contributed by atoms with E-state index < -0.39 is 0 Å². The number of carbonyl (C=O) groups excluding carboxylic acids is 1. The lowest BCUT2D eigenvalue weighted by molar-refractivity contribution is -0.115. The lowest BCUT2D eigenvalue weighted by Crippen LogP contribution is -2.14. The van der Waals surface area contributed by atoms with Crippen molar-refractivity contribution in [3.05, 3.63) is 64.9 Å². The summed E-state index contributed by atoms with van der Waals surface area (Å²) >= 11 is 1.48. The molecule has 1 aromatic heterocycles. The quantitative estimate of drug-likeness (QED) is 0.676. The summed E-state index contributed by atoms with van der Waals surface area (Å²) in [6.45, 7) is 4.25. The predicted octanol–water partition coefficient (Wildman–Crippen LogP) is 4.84. The number of hydrogen-bond donors (Lipinski definition) is 1. The fourth-order valence-electron chi connectivity index (χ4n) is 2.42. The summed E-state index contributed by atoms with van der Waals surface area (Å²) in [6, 6.07) is 12.3. The zero-order valence-corrected chi connectivity index (χ0v) is 15.4. The fraction of sp³-hybridized carbons (Fsp3) is 0.200. The van der Waals surface area contributed by atoms with Gasteiger partial charge in [0, 0.05) is 16.6 Å². The predicted molar refractivity (Wildman–Crippen MR) is 102 cm³/mol. The molecule has 0 aliphatic heterocycles. The molecule has 0 saturated heterocycles. The van der Waals surface area contributed by atoms with Crippen molar-refractivity contribution in [1.29, 1.82) is 0 Å². The molecule has 1 N–H and O–H groups in total. The topological polar surface area (TPSA) is 51.2 Å². The maximum absolute atomic E-state index is 13.6. The number of amides is 1. The van der Waals surface area contributed by atoms with Gasteiger partial charge in [0.25, 0.3) is 0 Å². The number of halogens is 1. The molecule has 6 heteroatoms. The number of rotatable bonds is 6. The van der Waals surface area contributed by atoms with Crippen LogP contribution < -0.4 is 10.1 Å². The van der Waals surface area contributed by atoms with Gasteiger partial charge in [0.05, 0.1) is 18.7 Å². The van der Waals surface area contributed by atoms with Crippen molar-refractivity contribution < 1.29 is 13.9 Å². The molecule has 1 heterocycles. The van der Waals surface area contributed by atoms with E-state index in [1.807, 2.05) is 36.6 Å². The van der Waals surface area contributed by atoms with Gasteiger partial charge in [-0.25, -0.2) is 9.37 Å². The van der Waals surface area contributed by atoms with Gasteiger partial charge in [0.1, 0.15) is 16.6 Å². The second-order valence-corrected chi connectivity index (χ2v) is 6.65.